The van der Waals surface area contributed by atoms with Gasteiger partial charge in [0.15, 0.2) is 6.10 Å². The van der Waals surface area contributed by atoms with Crippen LogP contribution >= 0.6 is 0 Å². The maximum Gasteiger partial charge on any atom is 0.267 e. The van der Waals surface area contributed by atoms with Gasteiger partial charge in [0, 0.05) is 24.3 Å². The average Bonchev–Trinajstić information content (AvgIpc) is 2.80. The molecule has 0 bridgehead atoms. The summed E-state index contributed by atoms with van der Waals surface area (Å²) in [7, 11) is 0. The van der Waals surface area contributed by atoms with E-state index in [2.05, 4.69) is 31.0 Å². The van der Waals surface area contributed by atoms with Gasteiger partial charge in [0.25, 0.3) is 11.8 Å². The first kappa shape index (κ1) is 23.3. The molecule has 33 heavy (non-hydrogen) atoms. The van der Waals surface area contributed by atoms with Gasteiger partial charge in [0.05, 0.1) is 5.69 Å². The number of likely N-dealkylation sites (tertiary alicyclic amines) is 1. The number of rotatable bonds is 5. The summed E-state index contributed by atoms with van der Waals surface area (Å²) in [6.45, 7) is 11.9. The van der Waals surface area contributed by atoms with E-state index in [1.165, 1.54) is 24.8 Å². The van der Waals surface area contributed by atoms with Crippen LogP contribution in [0.3, 0.4) is 0 Å². The van der Waals surface area contributed by atoms with Gasteiger partial charge in [-0.1, -0.05) is 39.3 Å². The molecule has 2 heterocycles. The van der Waals surface area contributed by atoms with Crippen molar-refractivity contribution in [2.75, 3.05) is 36.4 Å². The third-order valence-corrected chi connectivity index (χ3v) is 6.53. The Hall–Kier alpha value is -2.86. The third-order valence-electron chi connectivity index (χ3n) is 6.53. The van der Waals surface area contributed by atoms with E-state index in [0.29, 0.717) is 23.5 Å². The lowest BCUT2D eigenvalue weighted by molar-refractivity contribution is -0.125. The van der Waals surface area contributed by atoms with Gasteiger partial charge < -0.3 is 19.9 Å². The van der Waals surface area contributed by atoms with Gasteiger partial charge in [0.1, 0.15) is 5.75 Å². The van der Waals surface area contributed by atoms with E-state index in [-0.39, 0.29) is 17.2 Å². The molecule has 0 spiro atoms. The average molecular weight is 450 g/mol. The molecule has 2 aromatic carbocycles. The predicted octanol–water partition coefficient (Wildman–Crippen LogP) is 4.84. The number of benzene rings is 2. The zero-order valence-electron chi connectivity index (χ0n) is 20.2. The van der Waals surface area contributed by atoms with Crippen molar-refractivity contribution in [1.82, 2.24) is 4.90 Å². The Labute approximate surface area is 196 Å². The van der Waals surface area contributed by atoms with Gasteiger partial charge in [0.2, 0.25) is 0 Å². The fraction of sp³-hybridized carbons (Fsp3) is 0.481. The molecular formula is C27H35N3O3. The van der Waals surface area contributed by atoms with Gasteiger partial charge in [-0.2, -0.15) is 0 Å². The summed E-state index contributed by atoms with van der Waals surface area (Å²) < 4.78 is 5.84. The Bertz CT molecular complexity index is 1000. The Morgan fingerprint density at radius 3 is 2.39 bits per heavy atom. The van der Waals surface area contributed by atoms with Crippen LogP contribution in [0.2, 0.25) is 0 Å². The predicted molar refractivity (Wildman–Crippen MR) is 132 cm³/mol. The Morgan fingerprint density at radius 1 is 1.03 bits per heavy atom. The van der Waals surface area contributed by atoms with Crippen LogP contribution in [0.5, 0.6) is 5.75 Å². The molecule has 1 fully saturated rings. The van der Waals surface area contributed by atoms with Crippen LogP contribution in [0.15, 0.2) is 42.5 Å². The van der Waals surface area contributed by atoms with E-state index in [1.54, 1.807) is 6.92 Å². The summed E-state index contributed by atoms with van der Waals surface area (Å²) in [5, 5.41) is 2.98. The van der Waals surface area contributed by atoms with Crippen LogP contribution in [0, 0.1) is 0 Å². The molecule has 176 valence electrons. The van der Waals surface area contributed by atoms with Gasteiger partial charge in [-0.25, -0.2) is 0 Å². The van der Waals surface area contributed by atoms with Crippen molar-refractivity contribution in [3.8, 4) is 5.75 Å². The standard InChI is InChI=1S/C27H35N3O3/c1-19-26(32)30(17-16-29-14-6-5-7-15-29)23-18-22(12-13-24(23)33-19)28-25(31)20-8-10-21(11-9-20)27(2,3)4/h8-13,18-19H,5-7,14-17H2,1-4H3,(H,28,31). The lowest BCUT2D eigenvalue weighted by atomic mass is 9.87. The fourth-order valence-corrected chi connectivity index (χ4v) is 4.46. The summed E-state index contributed by atoms with van der Waals surface area (Å²) in [6.07, 6.45) is 3.21. The smallest absolute Gasteiger partial charge is 0.267 e. The summed E-state index contributed by atoms with van der Waals surface area (Å²) in [5.41, 5.74) is 3.18. The van der Waals surface area contributed by atoms with Crippen molar-refractivity contribution in [1.29, 1.82) is 0 Å². The van der Waals surface area contributed by atoms with E-state index in [0.717, 1.165) is 25.3 Å². The number of anilines is 2. The zero-order valence-corrected chi connectivity index (χ0v) is 20.2. The Morgan fingerprint density at radius 2 is 1.73 bits per heavy atom. The lowest BCUT2D eigenvalue weighted by Gasteiger charge is -2.35. The van der Waals surface area contributed by atoms with Crippen LogP contribution < -0.4 is 15.0 Å². The maximum absolute atomic E-state index is 12.9. The second kappa shape index (κ2) is 9.56. The van der Waals surface area contributed by atoms with E-state index in [4.69, 9.17) is 4.74 Å². The third kappa shape index (κ3) is 5.38. The molecule has 2 amide bonds. The molecule has 0 aliphatic carbocycles. The van der Waals surface area contributed by atoms with Gasteiger partial charge in [-0.3, -0.25) is 9.59 Å². The zero-order chi connectivity index (χ0) is 23.6. The highest BCUT2D eigenvalue weighted by Gasteiger charge is 2.32. The number of carbonyl (C=O) groups excluding carboxylic acids is 2. The molecule has 1 N–H and O–H groups in total. The molecule has 0 radical (unpaired) electrons. The molecule has 2 aliphatic heterocycles. The van der Waals surface area contributed by atoms with E-state index >= 15 is 0 Å². The molecule has 6 nitrogen and oxygen atoms in total. The van der Waals surface area contributed by atoms with Crippen molar-refractivity contribution >= 4 is 23.2 Å². The normalized spacial score (nSPS) is 19.1. The summed E-state index contributed by atoms with van der Waals surface area (Å²) in [4.78, 5) is 30.0. The van der Waals surface area contributed by atoms with Crippen LogP contribution in [0.25, 0.3) is 0 Å². The molecule has 1 atom stereocenters. The van der Waals surface area contributed by atoms with Crippen LogP contribution in [-0.4, -0.2) is 49.0 Å². The number of hydrogen-bond donors (Lipinski definition) is 1. The highest BCUT2D eigenvalue weighted by molar-refractivity contribution is 6.05. The minimum Gasteiger partial charge on any atom is -0.479 e. The highest BCUT2D eigenvalue weighted by atomic mass is 16.5. The minimum absolute atomic E-state index is 0.0365. The monoisotopic (exact) mass is 449 g/mol. The first-order valence-electron chi connectivity index (χ1n) is 12.0. The molecule has 2 aromatic rings. The molecule has 4 rings (SSSR count). The van der Waals surface area contributed by atoms with Crippen molar-refractivity contribution in [3.63, 3.8) is 0 Å². The molecule has 2 aliphatic rings. The van der Waals surface area contributed by atoms with Gasteiger partial charge in [-0.15, -0.1) is 0 Å². The molecule has 1 saturated heterocycles. The lowest BCUT2D eigenvalue weighted by Crippen LogP contribution is -2.48. The molecule has 1 unspecified atom stereocenters. The van der Waals surface area contributed by atoms with Gasteiger partial charge >= 0.3 is 0 Å². The molecule has 6 heteroatoms. The number of carbonyl (C=O) groups is 2. The molecule has 0 saturated carbocycles. The number of nitrogens with one attached hydrogen (secondary N) is 1. The quantitative estimate of drug-likeness (QED) is 0.710. The van der Waals surface area contributed by atoms with E-state index in [9.17, 15) is 9.59 Å². The fourth-order valence-electron chi connectivity index (χ4n) is 4.46. The van der Waals surface area contributed by atoms with Crippen LogP contribution in [0.1, 0.15) is 62.9 Å². The van der Waals surface area contributed by atoms with Crippen LogP contribution in [0.4, 0.5) is 11.4 Å². The first-order valence-corrected chi connectivity index (χ1v) is 12.0. The number of amides is 2. The largest absolute Gasteiger partial charge is 0.479 e. The topological polar surface area (TPSA) is 61.9 Å². The van der Waals surface area contributed by atoms with Crippen molar-refractivity contribution < 1.29 is 14.3 Å². The highest BCUT2D eigenvalue weighted by Crippen LogP contribution is 2.36. The SMILES string of the molecule is CC1Oc2ccc(NC(=O)c3ccc(C(C)(C)C)cc3)cc2N(CCN2CCCCC2)C1=O. The van der Waals surface area contributed by atoms with Crippen molar-refractivity contribution in [2.45, 2.75) is 58.5 Å². The second-order valence-electron chi connectivity index (χ2n) is 10.1. The Kier molecular flexibility index (Phi) is 6.75. The first-order chi connectivity index (χ1) is 15.7. The molecular weight excluding hydrogens is 414 g/mol. The number of hydrogen-bond acceptors (Lipinski definition) is 4. The second-order valence-corrected chi connectivity index (χ2v) is 10.1. The summed E-state index contributed by atoms with van der Waals surface area (Å²) in [6, 6.07) is 13.2. The van der Waals surface area contributed by atoms with Gasteiger partial charge in [-0.05, 0) is 74.2 Å². The minimum atomic E-state index is -0.513. The van der Waals surface area contributed by atoms with Crippen molar-refractivity contribution in [3.05, 3.63) is 53.6 Å². The Balaban J connectivity index is 1.50. The number of nitrogens with zero attached hydrogens (tertiary/aromatic N) is 2. The number of piperidine rings is 1. The van der Waals surface area contributed by atoms with E-state index < -0.39 is 6.10 Å². The van der Waals surface area contributed by atoms with E-state index in [1.807, 2.05) is 47.4 Å². The maximum atomic E-state index is 12.9. The summed E-state index contributed by atoms with van der Waals surface area (Å²) in [5.74, 6) is 0.459. The number of fused-ring (bicyclic) bond motifs is 1. The number of ether oxygens (including phenoxy) is 1. The molecule has 0 aromatic heterocycles. The van der Waals surface area contributed by atoms with Crippen molar-refractivity contribution in [2.24, 2.45) is 0 Å². The van der Waals surface area contributed by atoms with Crippen LogP contribution in [-0.2, 0) is 10.2 Å². The summed E-state index contributed by atoms with van der Waals surface area (Å²) >= 11 is 0.